The molecule has 0 N–H and O–H groups in total. The summed E-state index contributed by atoms with van der Waals surface area (Å²) in [7, 11) is 1.39. The van der Waals surface area contributed by atoms with Crippen molar-refractivity contribution in [1.29, 1.82) is 0 Å². The Labute approximate surface area is 86.8 Å². The molecule has 0 bridgehead atoms. The number of methoxy groups -OCH3 is 1. The highest BCUT2D eigenvalue weighted by Gasteiger charge is 2.10. The molecule has 1 aromatic rings. The third-order valence-corrected chi connectivity index (χ3v) is 1.72. The Morgan fingerprint density at radius 3 is 2.80 bits per heavy atom. The topological polar surface area (TPSA) is 35.5 Å². The van der Waals surface area contributed by atoms with E-state index >= 15 is 0 Å². The summed E-state index contributed by atoms with van der Waals surface area (Å²) in [5, 5.41) is 0. The van der Waals surface area contributed by atoms with Gasteiger partial charge in [-0.05, 0) is 6.07 Å². The maximum Gasteiger partial charge on any atom is 0.165 e. The lowest BCUT2D eigenvalue weighted by atomic mass is 10.2. The molecule has 0 saturated carbocycles. The number of aldehydes is 1. The van der Waals surface area contributed by atoms with Gasteiger partial charge in [0.05, 0.1) is 12.7 Å². The van der Waals surface area contributed by atoms with Gasteiger partial charge in [-0.1, -0.05) is 5.92 Å². The van der Waals surface area contributed by atoms with Gasteiger partial charge in [-0.2, -0.15) is 0 Å². The van der Waals surface area contributed by atoms with Crippen LogP contribution < -0.4 is 9.47 Å². The van der Waals surface area contributed by atoms with Crippen LogP contribution in [-0.2, 0) is 0 Å². The van der Waals surface area contributed by atoms with E-state index in [0.717, 1.165) is 6.07 Å². The summed E-state index contributed by atoms with van der Waals surface area (Å²) in [4.78, 5) is 10.5. The number of terminal acetylenes is 1. The largest absolute Gasteiger partial charge is 0.493 e. The first-order valence-corrected chi connectivity index (χ1v) is 4.12. The molecule has 0 spiro atoms. The quantitative estimate of drug-likeness (QED) is 0.557. The average Bonchev–Trinajstić information content (AvgIpc) is 2.26. The molecule has 0 fully saturated rings. The first kappa shape index (κ1) is 11.1. The Kier molecular flexibility index (Phi) is 3.69. The van der Waals surface area contributed by atoms with Gasteiger partial charge in [0.1, 0.15) is 12.4 Å². The second kappa shape index (κ2) is 5.01. The smallest absolute Gasteiger partial charge is 0.165 e. The Balaban J connectivity index is 3.10. The van der Waals surface area contributed by atoms with Crippen molar-refractivity contribution < 1.29 is 18.7 Å². The minimum atomic E-state index is -0.669. The zero-order chi connectivity index (χ0) is 11.3. The van der Waals surface area contributed by atoms with Crippen LogP contribution in [0.15, 0.2) is 12.1 Å². The van der Waals surface area contributed by atoms with Crippen LogP contribution in [0.25, 0.3) is 0 Å². The summed E-state index contributed by atoms with van der Waals surface area (Å²) in [5.41, 5.74) is -0.0834. The first-order chi connectivity index (χ1) is 7.22. The van der Waals surface area contributed by atoms with Crippen molar-refractivity contribution in [3.8, 4) is 23.8 Å². The molecule has 1 rings (SSSR count). The molecule has 0 saturated heterocycles. The first-order valence-electron chi connectivity index (χ1n) is 4.12. The van der Waals surface area contributed by atoms with Crippen molar-refractivity contribution in [3.63, 3.8) is 0 Å². The van der Waals surface area contributed by atoms with Gasteiger partial charge in [-0.15, -0.1) is 6.42 Å². The SMILES string of the molecule is C#CCOc1cc(F)c(C=O)cc1OC. The summed E-state index contributed by atoms with van der Waals surface area (Å²) in [6, 6.07) is 2.33. The number of benzene rings is 1. The molecule has 0 atom stereocenters. The third kappa shape index (κ3) is 2.47. The number of rotatable bonds is 4. The van der Waals surface area contributed by atoms with E-state index in [1.54, 1.807) is 0 Å². The Bertz CT molecular complexity index is 407. The van der Waals surface area contributed by atoms with Gasteiger partial charge in [0.25, 0.3) is 0 Å². The van der Waals surface area contributed by atoms with Crippen LogP contribution in [0, 0.1) is 18.2 Å². The number of ether oxygens (including phenoxy) is 2. The fraction of sp³-hybridized carbons (Fsp3) is 0.182. The van der Waals surface area contributed by atoms with Gasteiger partial charge < -0.3 is 9.47 Å². The molecule has 0 aliphatic rings. The summed E-state index contributed by atoms with van der Waals surface area (Å²) in [6.07, 6.45) is 5.40. The highest BCUT2D eigenvalue weighted by atomic mass is 19.1. The molecule has 0 unspecified atom stereocenters. The second-order valence-electron chi connectivity index (χ2n) is 2.64. The molecule has 15 heavy (non-hydrogen) atoms. The number of carbonyl (C=O) groups is 1. The van der Waals surface area contributed by atoms with Crippen LogP contribution in [0.1, 0.15) is 10.4 Å². The molecule has 0 aliphatic heterocycles. The van der Waals surface area contributed by atoms with Crippen molar-refractivity contribution in [3.05, 3.63) is 23.5 Å². The van der Waals surface area contributed by atoms with Gasteiger partial charge in [0, 0.05) is 6.07 Å². The van der Waals surface area contributed by atoms with E-state index in [0.29, 0.717) is 6.29 Å². The summed E-state index contributed by atoms with van der Waals surface area (Å²) >= 11 is 0. The van der Waals surface area contributed by atoms with Gasteiger partial charge in [-0.3, -0.25) is 4.79 Å². The number of hydrogen-bond donors (Lipinski definition) is 0. The van der Waals surface area contributed by atoms with E-state index in [9.17, 15) is 9.18 Å². The molecular formula is C11H9FO3. The number of carbonyl (C=O) groups excluding carboxylic acids is 1. The van der Waals surface area contributed by atoms with Crippen LogP contribution in [0.5, 0.6) is 11.5 Å². The normalized spacial score (nSPS) is 9.13. The van der Waals surface area contributed by atoms with Crippen LogP contribution in [0.4, 0.5) is 4.39 Å². The minimum Gasteiger partial charge on any atom is -0.493 e. The standard InChI is InChI=1S/C11H9FO3/c1-3-4-15-11-6-9(12)8(7-13)5-10(11)14-2/h1,5-7H,4H2,2H3. The van der Waals surface area contributed by atoms with Crippen molar-refractivity contribution in [1.82, 2.24) is 0 Å². The van der Waals surface area contributed by atoms with Gasteiger partial charge >= 0.3 is 0 Å². The molecule has 1 aromatic carbocycles. The van der Waals surface area contributed by atoms with E-state index in [-0.39, 0.29) is 23.7 Å². The minimum absolute atomic E-state index is 0.0102. The summed E-state index contributed by atoms with van der Waals surface area (Å²) in [5.74, 6) is 2.03. The van der Waals surface area contributed by atoms with Gasteiger partial charge in [0.2, 0.25) is 0 Å². The molecular weight excluding hydrogens is 199 g/mol. The number of halogens is 1. The van der Waals surface area contributed by atoms with Gasteiger partial charge in [0.15, 0.2) is 17.8 Å². The number of hydrogen-bond acceptors (Lipinski definition) is 3. The molecule has 0 radical (unpaired) electrons. The summed E-state index contributed by atoms with van der Waals surface area (Å²) in [6.45, 7) is 0.0102. The van der Waals surface area contributed by atoms with Gasteiger partial charge in [-0.25, -0.2) is 4.39 Å². The Morgan fingerprint density at radius 1 is 1.53 bits per heavy atom. The van der Waals surface area contributed by atoms with E-state index in [1.165, 1.54) is 13.2 Å². The molecule has 0 heterocycles. The lowest BCUT2D eigenvalue weighted by molar-refractivity contribution is 0.111. The molecule has 4 heteroatoms. The van der Waals surface area contributed by atoms with Crippen LogP contribution in [0.2, 0.25) is 0 Å². The van der Waals surface area contributed by atoms with Crippen LogP contribution in [-0.4, -0.2) is 20.0 Å². The van der Waals surface area contributed by atoms with E-state index in [4.69, 9.17) is 15.9 Å². The molecule has 78 valence electrons. The van der Waals surface area contributed by atoms with Crippen molar-refractivity contribution in [2.24, 2.45) is 0 Å². The summed E-state index contributed by atoms with van der Waals surface area (Å²) < 4.78 is 23.1. The van der Waals surface area contributed by atoms with Crippen molar-refractivity contribution in [2.75, 3.05) is 13.7 Å². The average molecular weight is 208 g/mol. The van der Waals surface area contributed by atoms with Crippen molar-refractivity contribution >= 4 is 6.29 Å². The predicted octanol–water partition coefficient (Wildman–Crippen LogP) is 1.66. The van der Waals surface area contributed by atoms with E-state index < -0.39 is 5.82 Å². The van der Waals surface area contributed by atoms with Crippen LogP contribution >= 0.6 is 0 Å². The zero-order valence-corrected chi connectivity index (χ0v) is 8.12. The van der Waals surface area contributed by atoms with E-state index in [1.807, 2.05) is 0 Å². The fourth-order valence-corrected chi connectivity index (χ4v) is 1.03. The highest BCUT2D eigenvalue weighted by Crippen LogP contribution is 2.29. The third-order valence-electron chi connectivity index (χ3n) is 1.72. The monoisotopic (exact) mass is 208 g/mol. The lowest BCUT2D eigenvalue weighted by Gasteiger charge is -2.09. The fourth-order valence-electron chi connectivity index (χ4n) is 1.03. The zero-order valence-electron chi connectivity index (χ0n) is 8.12. The van der Waals surface area contributed by atoms with Crippen molar-refractivity contribution in [2.45, 2.75) is 0 Å². The van der Waals surface area contributed by atoms with E-state index in [2.05, 4.69) is 5.92 Å². The maximum absolute atomic E-state index is 13.2. The Hall–Kier alpha value is -2.02. The highest BCUT2D eigenvalue weighted by molar-refractivity contribution is 5.77. The molecule has 3 nitrogen and oxygen atoms in total. The molecule has 0 amide bonds. The lowest BCUT2D eigenvalue weighted by Crippen LogP contribution is -1.99. The predicted molar refractivity (Wildman–Crippen MR) is 52.7 cm³/mol. The molecule has 0 aromatic heterocycles. The second-order valence-corrected chi connectivity index (χ2v) is 2.64. The van der Waals surface area contributed by atoms with Crippen LogP contribution in [0.3, 0.4) is 0 Å². The Morgan fingerprint density at radius 2 is 2.27 bits per heavy atom. The molecule has 0 aliphatic carbocycles. The maximum atomic E-state index is 13.2.